The van der Waals surface area contributed by atoms with E-state index < -0.39 is 58.3 Å². The number of ether oxygens (including phenoxy) is 4. The van der Waals surface area contributed by atoms with Gasteiger partial charge in [0, 0.05) is 11.4 Å². The van der Waals surface area contributed by atoms with E-state index in [4.69, 9.17) is 18.9 Å². The highest BCUT2D eigenvalue weighted by Crippen LogP contribution is 2.28. The van der Waals surface area contributed by atoms with E-state index >= 15 is 0 Å². The number of carbonyl (C=O) groups excluding carboxylic acids is 2. The van der Waals surface area contributed by atoms with E-state index in [1.807, 2.05) is 0 Å². The van der Waals surface area contributed by atoms with E-state index in [0.717, 1.165) is 35.6 Å². The number of H-pyrrole nitrogens is 1. The molecule has 0 saturated carbocycles. The predicted molar refractivity (Wildman–Crippen MR) is 151 cm³/mol. The topological polar surface area (TPSA) is 126 Å². The number of benzene rings is 2. The average Bonchev–Trinajstić information content (AvgIpc) is 3.37. The molecule has 2 aromatic carbocycles. The number of hydrogen-bond acceptors (Lipinski definition) is 9. The summed E-state index contributed by atoms with van der Waals surface area (Å²) in [7, 11) is 0. The highest BCUT2D eigenvalue weighted by atomic mass is 32.1. The highest BCUT2D eigenvalue weighted by Gasteiger charge is 2.24. The van der Waals surface area contributed by atoms with E-state index in [1.54, 1.807) is 27.7 Å². The second-order valence-corrected chi connectivity index (χ2v) is 11.0. The highest BCUT2D eigenvalue weighted by molar-refractivity contribution is 7.13. The third-order valence-corrected chi connectivity index (χ3v) is 6.95. The molecular weight excluding hydrogens is 593 g/mol. The summed E-state index contributed by atoms with van der Waals surface area (Å²) in [5.41, 5.74) is -3.44. The Bertz CT molecular complexity index is 1810. The first-order valence-corrected chi connectivity index (χ1v) is 13.8. The van der Waals surface area contributed by atoms with Crippen LogP contribution < -0.4 is 20.7 Å². The van der Waals surface area contributed by atoms with Gasteiger partial charge in [0.05, 0.1) is 34.2 Å². The lowest BCUT2D eigenvalue weighted by atomic mass is 9.97. The van der Waals surface area contributed by atoms with Gasteiger partial charge in [0.1, 0.15) is 42.0 Å². The second kappa shape index (κ2) is 12.7. The molecule has 228 valence electrons. The molecule has 0 aliphatic rings. The van der Waals surface area contributed by atoms with Crippen molar-refractivity contribution in [1.82, 2.24) is 9.55 Å². The minimum absolute atomic E-state index is 0.0487. The zero-order valence-corrected chi connectivity index (χ0v) is 24.4. The quantitative estimate of drug-likeness (QED) is 0.196. The van der Waals surface area contributed by atoms with E-state index in [-0.39, 0.29) is 52.7 Å². The van der Waals surface area contributed by atoms with Crippen molar-refractivity contribution in [2.75, 3.05) is 19.8 Å². The molecule has 0 fully saturated rings. The number of fused-ring (bicyclic) bond motifs is 1. The van der Waals surface area contributed by atoms with Crippen molar-refractivity contribution >= 4 is 34.2 Å². The minimum atomic E-state index is -1.26. The number of aromatic nitrogens is 2. The molecule has 2 aromatic heterocycles. The van der Waals surface area contributed by atoms with Crippen LogP contribution in [0.2, 0.25) is 0 Å². The van der Waals surface area contributed by atoms with Gasteiger partial charge in [-0.2, -0.15) is 0 Å². The van der Waals surface area contributed by atoms with Crippen molar-refractivity contribution in [3.8, 4) is 17.2 Å². The van der Waals surface area contributed by atoms with E-state index in [1.165, 1.54) is 11.4 Å². The molecular formula is C29H27F3N2O8S. The molecule has 4 rings (SSSR count). The summed E-state index contributed by atoms with van der Waals surface area (Å²) in [6.45, 7) is 5.77. The molecule has 0 unspecified atom stereocenters. The standard InChI is InChI=1S/C29H27F3N2O8S/c1-5-39-26(36)24-22-19(14-43-24)33-28(38)34(25(22)35)20-12-15(6-7-17(20)30)42-13-16-21(9-8-18(31)23(16)32)40-10-11-41-27(37)29(2,3)4/h6-9,12,14H,5,10-11,13H2,1-4H3,(H,33,38). The van der Waals surface area contributed by atoms with Crippen molar-refractivity contribution in [3.05, 3.63) is 84.4 Å². The first-order valence-electron chi connectivity index (χ1n) is 13.0. The lowest BCUT2D eigenvalue weighted by Crippen LogP contribution is -2.34. The fraction of sp³-hybridized carbons (Fsp3) is 0.310. The van der Waals surface area contributed by atoms with Gasteiger partial charge in [-0.3, -0.25) is 9.59 Å². The number of aromatic amines is 1. The lowest BCUT2D eigenvalue weighted by Gasteiger charge is -2.17. The molecule has 4 aromatic rings. The summed E-state index contributed by atoms with van der Waals surface area (Å²) in [6, 6.07) is 5.14. The summed E-state index contributed by atoms with van der Waals surface area (Å²) in [5.74, 6) is -4.85. The molecule has 0 aliphatic carbocycles. The molecule has 0 bridgehead atoms. The zero-order valence-electron chi connectivity index (χ0n) is 23.5. The van der Waals surface area contributed by atoms with Crippen LogP contribution in [0, 0.1) is 22.9 Å². The molecule has 0 radical (unpaired) electrons. The number of hydrogen-bond donors (Lipinski definition) is 1. The van der Waals surface area contributed by atoms with Crippen molar-refractivity contribution in [1.29, 1.82) is 0 Å². The maximum Gasteiger partial charge on any atom is 0.349 e. The van der Waals surface area contributed by atoms with Crippen LogP contribution >= 0.6 is 11.3 Å². The van der Waals surface area contributed by atoms with E-state index in [0.29, 0.717) is 4.57 Å². The van der Waals surface area contributed by atoms with Crippen LogP contribution in [0.15, 0.2) is 45.3 Å². The number of halogens is 3. The van der Waals surface area contributed by atoms with Crippen LogP contribution in [0.5, 0.6) is 11.5 Å². The SMILES string of the molecule is CCOC(=O)c1scc2[nH]c(=O)n(-c3cc(OCc4c(OCCOC(=O)C(C)(C)C)ccc(F)c4F)ccc3F)c(=O)c12. The molecule has 2 heterocycles. The van der Waals surface area contributed by atoms with Crippen molar-refractivity contribution < 1.29 is 41.7 Å². The second-order valence-electron chi connectivity index (χ2n) is 10.1. The summed E-state index contributed by atoms with van der Waals surface area (Å²) in [5, 5.41) is 1.23. The number of nitrogens with one attached hydrogen (secondary N) is 1. The lowest BCUT2D eigenvalue weighted by molar-refractivity contribution is -0.153. The molecule has 14 heteroatoms. The first kappa shape index (κ1) is 31.3. The molecule has 0 atom stereocenters. The number of rotatable bonds is 10. The Morgan fingerprint density at radius 3 is 2.40 bits per heavy atom. The normalized spacial score (nSPS) is 11.4. The van der Waals surface area contributed by atoms with E-state index in [2.05, 4.69) is 4.98 Å². The Hall–Kier alpha value is -4.59. The minimum Gasteiger partial charge on any atom is -0.490 e. The van der Waals surface area contributed by atoms with Crippen LogP contribution in [-0.4, -0.2) is 41.3 Å². The Labute approximate surface area is 246 Å². The van der Waals surface area contributed by atoms with Crippen LogP contribution in [-0.2, 0) is 20.9 Å². The average molecular weight is 621 g/mol. The van der Waals surface area contributed by atoms with Gasteiger partial charge in [0.15, 0.2) is 11.6 Å². The van der Waals surface area contributed by atoms with Gasteiger partial charge in [-0.1, -0.05) is 0 Å². The van der Waals surface area contributed by atoms with Crippen LogP contribution in [0.3, 0.4) is 0 Å². The van der Waals surface area contributed by atoms with E-state index in [9.17, 15) is 32.3 Å². The van der Waals surface area contributed by atoms with Crippen LogP contribution in [0.1, 0.15) is 42.9 Å². The molecule has 0 saturated heterocycles. The van der Waals surface area contributed by atoms with Gasteiger partial charge in [-0.05, 0) is 52.0 Å². The molecule has 10 nitrogen and oxygen atoms in total. The largest absolute Gasteiger partial charge is 0.490 e. The summed E-state index contributed by atoms with van der Waals surface area (Å²) in [4.78, 5) is 52.8. The van der Waals surface area contributed by atoms with Crippen molar-refractivity contribution in [3.63, 3.8) is 0 Å². The summed E-state index contributed by atoms with van der Waals surface area (Å²) >= 11 is 0.885. The Kier molecular flexibility index (Phi) is 9.28. The maximum absolute atomic E-state index is 14.9. The summed E-state index contributed by atoms with van der Waals surface area (Å²) < 4.78 is 65.4. The third kappa shape index (κ3) is 6.74. The number of nitrogens with zero attached hydrogens (tertiary/aromatic N) is 1. The van der Waals surface area contributed by atoms with Crippen molar-refractivity contribution in [2.24, 2.45) is 5.41 Å². The molecule has 0 amide bonds. The zero-order chi connectivity index (χ0) is 31.5. The summed E-state index contributed by atoms with van der Waals surface area (Å²) in [6.07, 6.45) is 0. The number of carbonyl (C=O) groups is 2. The predicted octanol–water partition coefficient (Wildman–Crippen LogP) is 4.88. The Morgan fingerprint density at radius 1 is 0.977 bits per heavy atom. The van der Waals surface area contributed by atoms with Gasteiger partial charge in [-0.25, -0.2) is 27.3 Å². The van der Waals surface area contributed by atoms with Crippen LogP contribution in [0.4, 0.5) is 13.2 Å². The van der Waals surface area contributed by atoms with Crippen molar-refractivity contribution in [2.45, 2.75) is 34.3 Å². The fourth-order valence-electron chi connectivity index (χ4n) is 3.86. The monoisotopic (exact) mass is 620 g/mol. The smallest absolute Gasteiger partial charge is 0.349 e. The van der Waals surface area contributed by atoms with Gasteiger partial charge in [0.2, 0.25) is 0 Å². The molecule has 0 aliphatic heterocycles. The first-order chi connectivity index (χ1) is 20.3. The van der Waals surface area contributed by atoms with Gasteiger partial charge in [0.25, 0.3) is 5.56 Å². The maximum atomic E-state index is 14.9. The fourth-order valence-corrected chi connectivity index (χ4v) is 4.74. The van der Waals surface area contributed by atoms with Gasteiger partial charge >= 0.3 is 17.6 Å². The molecule has 43 heavy (non-hydrogen) atoms. The number of esters is 2. The molecule has 0 spiro atoms. The van der Waals surface area contributed by atoms with Crippen LogP contribution in [0.25, 0.3) is 16.6 Å². The Balaban J connectivity index is 1.61. The Morgan fingerprint density at radius 2 is 1.70 bits per heavy atom. The van der Waals surface area contributed by atoms with Gasteiger partial charge < -0.3 is 23.9 Å². The third-order valence-electron chi connectivity index (χ3n) is 5.99. The van der Waals surface area contributed by atoms with Gasteiger partial charge in [-0.15, -0.1) is 11.3 Å². The molecule has 1 N–H and O–H groups in total. The number of thiophene rings is 1.